The van der Waals surface area contributed by atoms with Gasteiger partial charge in [-0.3, -0.25) is 4.57 Å². The zero-order valence-corrected chi connectivity index (χ0v) is 13.5. The third kappa shape index (κ3) is 2.54. The third-order valence-corrected chi connectivity index (χ3v) is 4.33. The van der Waals surface area contributed by atoms with Crippen LogP contribution in [0.1, 0.15) is 8.97 Å². The Bertz CT molecular complexity index is 971. The van der Waals surface area contributed by atoms with Crippen LogP contribution in [-0.2, 0) is 4.74 Å². The molecule has 3 heterocycles. The number of aliphatic hydroxyl groups excluding tert-OH is 1. The summed E-state index contributed by atoms with van der Waals surface area (Å²) in [7, 11) is 0. The maximum Gasteiger partial charge on any atom is 0.200 e. The van der Waals surface area contributed by atoms with Crippen molar-refractivity contribution in [1.29, 1.82) is 0 Å². The molecule has 11 heteroatoms. The lowest BCUT2D eigenvalue weighted by molar-refractivity contribution is -0.0436. The molecular formula is C13H13ClFN5O3S. The Morgan fingerprint density at radius 2 is 2.46 bits per heavy atom. The predicted octanol–water partition coefficient (Wildman–Crippen LogP) is 0.272. The molecule has 5 N–H and O–H groups in total. The van der Waals surface area contributed by atoms with Gasteiger partial charge in [0.25, 0.3) is 0 Å². The van der Waals surface area contributed by atoms with Gasteiger partial charge in [-0.2, -0.15) is 0 Å². The molecule has 1 unspecified atom stereocenters. The third-order valence-electron chi connectivity index (χ3n) is 3.54. The minimum Gasteiger partial charge on any atom is -0.394 e. The van der Waals surface area contributed by atoms with Gasteiger partial charge in [-0.1, -0.05) is 35.7 Å². The minimum absolute atomic E-state index is 0.0214. The van der Waals surface area contributed by atoms with E-state index in [-0.39, 0.29) is 21.8 Å². The summed E-state index contributed by atoms with van der Waals surface area (Å²) in [4.78, 5) is 8.67. The molecule has 4 atom stereocenters. The van der Waals surface area contributed by atoms with Crippen LogP contribution in [0.15, 0.2) is 6.33 Å². The number of aromatic amines is 1. The largest absolute Gasteiger partial charge is 0.394 e. The molecular weight excluding hydrogens is 361 g/mol. The van der Waals surface area contributed by atoms with Gasteiger partial charge in [-0.05, 0) is 0 Å². The highest BCUT2D eigenvalue weighted by molar-refractivity contribution is 7.71. The standard InChI is InChI=1S/C13H13ClFN5O3S/c14-13(2-1-3-15)8(22)6(4-21)23-11(13)20-5-17-7-9(20)18-12(16)19-10(7)24/h5-6,8,11,21-22H,3-4H2,(H3,16,18,19,24)/t6-,8+,11-,13?/m1/s1/i4D2. The highest BCUT2D eigenvalue weighted by Gasteiger charge is 2.55. The molecule has 8 nitrogen and oxygen atoms in total. The molecule has 1 fully saturated rings. The Morgan fingerprint density at radius 3 is 3.12 bits per heavy atom. The van der Waals surface area contributed by atoms with Crippen molar-refractivity contribution in [2.24, 2.45) is 0 Å². The highest BCUT2D eigenvalue weighted by Crippen LogP contribution is 2.44. The van der Waals surface area contributed by atoms with Crippen LogP contribution in [-0.4, -0.2) is 60.0 Å². The molecule has 0 amide bonds. The molecule has 0 bridgehead atoms. The number of alkyl halides is 2. The van der Waals surface area contributed by atoms with Crippen molar-refractivity contribution in [3.8, 4) is 11.8 Å². The number of hydrogen-bond acceptors (Lipinski definition) is 7. The van der Waals surface area contributed by atoms with Gasteiger partial charge in [-0.15, -0.1) is 0 Å². The number of halogens is 2. The van der Waals surface area contributed by atoms with E-state index in [4.69, 9.17) is 37.0 Å². The number of rotatable bonds is 2. The second-order valence-corrected chi connectivity index (χ2v) is 5.97. The van der Waals surface area contributed by atoms with Crippen LogP contribution in [0.25, 0.3) is 11.2 Å². The molecule has 2 aromatic rings. The molecule has 128 valence electrons. The van der Waals surface area contributed by atoms with E-state index in [9.17, 15) is 14.6 Å². The van der Waals surface area contributed by atoms with E-state index >= 15 is 0 Å². The zero-order valence-electron chi connectivity index (χ0n) is 13.9. The second kappa shape index (κ2) is 6.27. The lowest BCUT2D eigenvalue weighted by Gasteiger charge is -2.25. The molecule has 24 heavy (non-hydrogen) atoms. The summed E-state index contributed by atoms with van der Waals surface area (Å²) in [5.41, 5.74) is 6.13. The van der Waals surface area contributed by atoms with Gasteiger partial charge < -0.3 is 25.7 Å². The molecule has 0 aliphatic carbocycles. The number of aromatic nitrogens is 4. The van der Waals surface area contributed by atoms with Crippen LogP contribution in [0, 0.1) is 16.5 Å². The van der Waals surface area contributed by atoms with E-state index < -0.39 is 36.5 Å². The van der Waals surface area contributed by atoms with E-state index in [2.05, 4.69) is 26.8 Å². The number of nitrogens with two attached hydrogens (primary N) is 1. The van der Waals surface area contributed by atoms with Gasteiger partial charge in [0.05, 0.1) is 15.6 Å². The summed E-state index contributed by atoms with van der Waals surface area (Å²) in [5.74, 6) is 4.42. The van der Waals surface area contributed by atoms with Crippen LogP contribution in [0.3, 0.4) is 0 Å². The van der Waals surface area contributed by atoms with Crippen LogP contribution < -0.4 is 5.73 Å². The molecule has 1 aliphatic heterocycles. The van der Waals surface area contributed by atoms with Gasteiger partial charge >= 0.3 is 0 Å². The van der Waals surface area contributed by atoms with Gasteiger partial charge in [0.2, 0.25) is 0 Å². The van der Waals surface area contributed by atoms with Crippen LogP contribution in [0.2, 0.25) is 0 Å². The van der Waals surface area contributed by atoms with Crippen molar-refractivity contribution >= 4 is 40.9 Å². The van der Waals surface area contributed by atoms with Crippen LogP contribution in [0.4, 0.5) is 10.3 Å². The van der Waals surface area contributed by atoms with Crippen molar-refractivity contribution in [1.82, 2.24) is 19.5 Å². The first-order valence-electron chi connectivity index (χ1n) is 7.62. The molecule has 1 aliphatic rings. The van der Waals surface area contributed by atoms with Gasteiger partial charge in [0.15, 0.2) is 21.7 Å². The topological polar surface area (TPSA) is 122 Å². The van der Waals surface area contributed by atoms with Crippen molar-refractivity contribution in [2.45, 2.75) is 23.3 Å². The number of ether oxygens (including phenoxy) is 1. The van der Waals surface area contributed by atoms with Crippen molar-refractivity contribution in [3.63, 3.8) is 0 Å². The average Bonchev–Trinajstić information content (AvgIpc) is 3.05. The Morgan fingerprint density at radius 1 is 1.71 bits per heavy atom. The number of nitrogens with zero attached hydrogens (tertiary/aromatic N) is 3. The van der Waals surface area contributed by atoms with E-state index in [1.807, 2.05) is 0 Å². The Labute approximate surface area is 148 Å². The summed E-state index contributed by atoms with van der Waals surface area (Å²) in [6, 6.07) is 0. The molecule has 0 spiro atoms. The first-order chi connectivity index (χ1) is 12.1. The van der Waals surface area contributed by atoms with Crippen molar-refractivity contribution in [2.75, 3.05) is 19.0 Å². The maximum absolute atomic E-state index is 12.6. The van der Waals surface area contributed by atoms with Crippen LogP contribution >= 0.6 is 23.8 Å². The van der Waals surface area contributed by atoms with Crippen molar-refractivity contribution < 1.29 is 22.1 Å². The summed E-state index contributed by atoms with van der Waals surface area (Å²) in [6.07, 6.45) is -3.63. The molecule has 1 saturated heterocycles. The van der Waals surface area contributed by atoms with Gasteiger partial charge in [-0.25, -0.2) is 14.4 Å². The number of H-pyrrole nitrogens is 1. The summed E-state index contributed by atoms with van der Waals surface area (Å²) < 4.78 is 34.3. The first-order valence-corrected chi connectivity index (χ1v) is 7.41. The number of fused-ring (bicyclic) bond motifs is 1. The Balaban J connectivity index is 2.20. The number of nitrogen functional groups attached to an aromatic ring is 1. The number of imidazole rings is 1. The van der Waals surface area contributed by atoms with Crippen LogP contribution in [0.5, 0.6) is 0 Å². The zero-order chi connectivity index (χ0) is 19.3. The second-order valence-electron chi connectivity index (χ2n) is 4.96. The number of anilines is 1. The highest BCUT2D eigenvalue weighted by atomic mass is 35.5. The van der Waals surface area contributed by atoms with Gasteiger partial charge in [0.1, 0.15) is 30.0 Å². The monoisotopic (exact) mass is 375 g/mol. The molecule has 2 aromatic heterocycles. The average molecular weight is 376 g/mol. The number of nitrogens with one attached hydrogen (secondary N) is 1. The summed E-state index contributed by atoms with van der Waals surface area (Å²) in [6.45, 7) is -3.98. The van der Waals surface area contributed by atoms with E-state index in [1.165, 1.54) is 10.9 Å². The number of aliphatic hydroxyl groups is 2. The lowest BCUT2D eigenvalue weighted by atomic mass is 9.99. The predicted molar refractivity (Wildman–Crippen MR) is 86.5 cm³/mol. The number of hydrogen-bond donors (Lipinski definition) is 4. The van der Waals surface area contributed by atoms with E-state index in [1.54, 1.807) is 0 Å². The minimum atomic E-state index is -2.93. The SMILES string of the molecule is [2H]C([2H])(O)[C@H]1O[C@@H](n2cnc3c(=S)nc(N)[nH]c32)C(Cl)(C#CCF)[C@H]1O. The fourth-order valence-corrected chi connectivity index (χ4v) is 3.07. The van der Waals surface area contributed by atoms with Gasteiger partial charge in [0, 0.05) is 0 Å². The Kier molecular flexibility index (Phi) is 3.80. The quantitative estimate of drug-likeness (QED) is 0.337. The molecule has 0 saturated carbocycles. The first kappa shape index (κ1) is 14.6. The van der Waals surface area contributed by atoms with E-state index in [0.29, 0.717) is 0 Å². The van der Waals surface area contributed by atoms with Crippen molar-refractivity contribution in [3.05, 3.63) is 11.0 Å². The Hall–Kier alpha value is -1.77. The molecule has 0 radical (unpaired) electrons. The lowest BCUT2D eigenvalue weighted by Crippen LogP contribution is -2.41. The fourth-order valence-electron chi connectivity index (χ4n) is 2.48. The normalized spacial score (nSPS) is 31.4. The fraction of sp³-hybridized carbons (Fsp3) is 0.462. The molecule has 0 aromatic carbocycles. The van der Waals surface area contributed by atoms with E-state index in [0.717, 1.165) is 0 Å². The molecule has 3 rings (SSSR count). The smallest absolute Gasteiger partial charge is 0.200 e. The maximum atomic E-state index is 12.6. The summed E-state index contributed by atoms with van der Waals surface area (Å²) >= 11 is 11.5. The summed E-state index contributed by atoms with van der Waals surface area (Å²) in [5, 5.41) is 20.1.